The van der Waals surface area contributed by atoms with Crippen molar-refractivity contribution in [2.45, 2.75) is 13.0 Å². The van der Waals surface area contributed by atoms with Gasteiger partial charge in [-0.15, -0.1) is 0 Å². The summed E-state index contributed by atoms with van der Waals surface area (Å²) in [6.45, 7) is 3.56. The fraction of sp³-hybridized carbons (Fsp3) is 0.316. The third-order valence-electron chi connectivity index (χ3n) is 4.52. The second-order valence-corrected chi connectivity index (χ2v) is 7.29. The molecule has 0 aliphatic carbocycles. The van der Waals surface area contributed by atoms with Gasteiger partial charge in [0.1, 0.15) is 11.4 Å². The van der Waals surface area contributed by atoms with E-state index in [2.05, 4.69) is 0 Å². The zero-order chi connectivity index (χ0) is 20.3. The molecule has 7 nitrogen and oxygen atoms in total. The van der Waals surface area contributed by atoms with Gasteiger partial charge < -0.3 is 14.5 Å². The molecule has 0 radical (unpaired) electrons. The number of hydrogen-bond acceptors (Lipinski definition) is 5. The predicted molar refractivity (Wildman–Crippen MR) is 108 cm³/mol. The molecule has 9 heteroatoms. The van der Waals surface area contributed by atoms with Crippen molar-refractivity contribution in [3.63, 3.8) is 0 Å². The van der Waals surface area contributed by atoms with E-state index in [1.807, 2.05) is 4.90 Å². The normalized spacial score (nSPS) is 15.2. The van der Waals surface area contributed by atoms with Crippen LogP contribution in [0.25, 0.3) is 0 Å². The first-order valence-corrected chi connectivity index (χ1v) is 9.50. The van der Waals surface area contributed by atoms with Crippen molar-refractivity contribution in [2.75, 3.05) is 31.1 Å². The minimum Gasteiger partial charge on any atom is -0.481 e. The Hall–Kier alpha value is -2.51. The number of piperazine rings is 1. The molecule has 1 aliphatic rings. The van der Waals surface area contributed by atoms with Crippen molar-refractivity contribution in [1.82, 2.24) is 4.90 Å². The summed E-state index contributed by atoms with van der Waals surface area (Å²) < 4.78 is 5.69. The first kappa shape index (κ1) is 20.2. The monoisotopic (exact) mass is 423 g/mol. The molecule has 1 aliphatic heterocycles. The maximum Gasteiger partial charge on any atom is 0.294 e. The fourth-order valence-electron chi connectivity index (χ4n) is 3.13. The molecule has 148 valence electrons. The lowest BCUT2D eigenvalue weighted by atomic mass is 10.2. The number of halogens is 2. The number of carbonyl (C=O) groups excluding carboxylic acids is 1. The summed E-state index contributed by atoms with van der Waals surface area (Å²) in [6, 6.07) is 11.5. The number of ether oxygens (including phenoxy) is 1. The van der Waals surface area contributed by atoms with E-state index in [9.17, 15) is 14.9 Å². The number of nitro groups is 1. The number of nitrogens with zero attached hydrogens (tertiary/aromatic N) is 3. The van der Waals surface area contributed by atoms with Gasteiger partial charge in [0.2, 0.25) is 0 Å². The summed E-state index contributed by atoms with van der Waals surface area (Å²) >= 11 is 11.8. The number of amides is 1. The molecule has 0 saturated carbocycles. The summed E-state index contributed by atoms with van der Waals surface area (Å²) in [7, 11) is 0. The predicted octanol–water partition coefficient (Wildman–Crippen LogP) is 4.02. The van der Waals surface area contributed by atoms with Crippen LogP contribution in [0, 0.1) is 10.1 Å². The van der Waals surface area contributed by atoms with E-state index in [0.29, 0.717) is 47.7 Å². The molecule has 0 bridgehead atoms. The minimum atomic E-state index is -0.658. The van der Waals surface area contributed by atoms with E-state index in [1.165, 1.54) is 6.07 Å². The van der Waals surface area contributed by atoms with Crippen molar-refractivity contribution in [2.24, 2.45) is 0 Å². The maximum atomic E-state index is 12.7. The van der Waals surface area contributed by atoms with Crippen LogP contribution in [0.15, 0.2) is 42.5 Å². The molecule has 0 aromatic heterocycles. The number of hydrogen-bond donors (Lipinski definition) is 0. The van der Waals surface area contributed by atoms with Crippen LogP contribution in [0.1, 0.15) is 6.92 Å². The van der Waals surface area contributed by atoms with Crippen LogP contribution < -0.4 is 9.64 Å². The number of anilines is 1. The van der Waals surface area contributed by atoms with Gasteiger partial charge in [0.25, 0.3) is 11.6 Å². The summed E-state index contributed by atoms with van der Waals surface area (Å²) in [5.41, 5.74) is 0.467. The summed E-state index contributed by atoms with van der Waals surface area (Å²) in [5, 5.41) is 12.2. The second-order valence-electron chi connectivity index (χ2n) is 6.42. The molecule has 0 spiro atoms. The SMILES string of the molecule is CC(Oc1cccc(Cl)c1)C(=O)N1CCN(c2ccc(Cl)cc2[N+](=O)[O-])CC1. The van der Waals surface area contributed by atoms with Crippen LogP contribution in [-0.4, -0.2) is 48.0 Å². The van der Waals surface area contributed by atoms with Gasteiger partial charge in [0, 0.05) is 42.3 Å². The Morgan fingerprint density at radius 3 is 2.43 bits per heavy atom. The third kappa shape index (κ3) is 4.66. The lowest BCUT2D eigenvalue weighted by Crippen LogP contribution is -2.52. The van der Waals surface area contributed by atoms with Gasteiger partial charge >= 0.3 is 0 Å². The van der Waals surface area contributed by atoms with Crippen molar-refractivity contribution >= 4 is 40.5 Å². The number of carbonyl (C=O) groups is 1. The van der Waals surface area contributed by atoms with Crippen LogP contribution >= 0.6 is 23.2 Å². The molecule has 1 atom stereocenters. The van der Waals surface area contributed by atoms with Crippen molar-refractivity contribution in [3.05, 3.63) is 62.6 Å². The average molecular weight is 424 g/mol. The molecule has 3 rings (SSSR count). The smallest absolute Gasteiger partial charge is 0.294 e. The molecule has 0 N–H and O–H groups in total. The molecule has 2 aromatic carbocycles. The fourth-order valence-corrected chi connectivity index (χ4v) is 3.48. The van der Waals surface area contributed by atoms with Crippen molar-refractivity contribution < 1.29 is 14.5 Å². The molecule has 1 amide bonds. The van der Waals surface area contributed by atoms with E-state index < -0.39 is 11.0 Å². The van der Waals surface area contributed by atoms with Gasteiger partial charge in [-0.1, -0.05) is 29.3 Å². The minimum absolute atomic E-state index is 0.0371. The second kappa shape index (κ2) is 8.67. The Morgan fingerprint density at radius 2 is 1.79 bits per heavy atom. The van der Waals surface area contributed by atoms with E-state index in [4.69, 9.17) is 27.9 Å². The molecular formula is C19H19Cl2N3O4. The first-order chi connectivity index (χ1) is 13.3. The lowest BCUT2D eigenvalue weighted by Gasteiger charge is -2.36. The molecule has 28 heavy (non-hydrogen) atoms. The number of rotatable bonds is 5. The standard InChI is InChI=1S/C19H19Cl2N3O4/c1-13(28-16-4-2-3-14(20)11-16)19(25)23-9-7-22(8-10-23)17-6-5-15(21)12-18(17)24(26)27/h2-6,11-13H,7-10H2,1H3. The van der Waals surface area contributed by atoms with Crippen LogP contribution in [0.2, 0.25) is 10.0 Å². The van der Waals surface area contributed by atoms with E-state index in [0.717, 1.165) is 0 Å². The number of nitro benzene ring substituents is 1. The maximum absolute atomic E-state index is 12.7. The Labute approximate surface area is 172 Å². The van der Waals surface area contributed by atoms with Gasteiger partial charge in [0.05, 0.1) is 4.92 Å². The first-order valence-electron chi connectivity index (χ1n) is 8.75. The molecule has 1 saturated heterocycles. The topological polar surface area (TPSA) is 75.9 Å². The van der Waals surface area contributed by atoms with Crippen LogP contribution in [0.3, 0.4) is 0 Å². The molecular weight excluding hydrogens is 405 g/mol. The third-order valence-corrected chi connectivity index (χ3v) is 4.99. The molecule has 1 unspecified atom stereocenters. The Kier molecular flexibility index (Phi) is 6.26. The van der Waals surface area contributed by atoms with Crippen molar-refractivity contribution in [1.29, 1.82) is 0 Å². The van der Waals surface area contributed by atoms with Gasteiger partial charge in [0.15, 0.2) is 6.10 Å². The zero-order valence-electron chi connectivity index (χ0n) is 15.2. The molecule has 2 aromatic rings. The van der Waals surface area contributed by atoms with Crippen LogP contribution in [-0.2, 0) is 4.79 Å². The highest BCUT2D eigenvalue weighted by Gasteiger charge is 2.28. The lowest BCUT2D eigenvalue weighted by molar-refractivity contribution is -0.384. The van der Waals surface area contributed by atoms with Gasteiger partial charge in [-0.05, 0) is 37.3 Å². The van der Waals surface area contributed by atoms with Crippen molar-refractivity contribution in [3.8, 4) is 5.75 Å². The van der Waals surface area contributed by atoms with Crippen LogP contribution in [0.4, 0.5) is 11.4 Å². The van der Waals surface area contributed by atoms with Gasteiger partial charge in [-0.3, -0.25) is 14.9 Å². The summed E-state index contributed by atoms with van der Waals surface area (Å²) in [5.74, 6) is 0.397. The summed E-state index contributed by atoms with van der Waals surface area (Å²) in [4.78, 5) is 27.1. The molecule has 1 fully saturated rings. The van der Waals surface area contributed by atoms with E-state index in [1.54, 1.807) is 48.2 Å². The summed E-state index contributed by atoms with van der Waals surface area (Å²) in [6.07, 6.45) is -0.658. The van der Waals surface area contributed by atoms with Crippen LogP contribution in [0.5, 0.6) is 5.75 Å². The quantitative estimate of drug-likeness (QED) is 0.536. The highest BCUT2D eigenvalue weighted by atomic mass is 35.5. The highest BCUT2D eigenvalue weighted by molar-refractivity contribution is 6.31. The zero-order valence-corrected chi connectivity index (χ0v) is 16.7. The Morgan fingerprint density at radius 1 is 1.11 bits per heavy atom. The Bertz CT molecular complexity index is 885. The molecule has 1 heterocycles. The van der Waals surface area contributed by atoms with E-state index in [-0.39, 0.29) is 11.6 Å². The Balaban J connectivity index is 1.62. The van der Waals surface area contributed by atoms with Gasteiger partial charge in [-0.25, -0.2) is 0 Å². The van der Waals surface area contributed by atoms with E-state index >= 15 is 0 Å². The average Bonchev–Trinajstić information content (AvgIpc) is 2.67. The van der Waals surface area contributed by atoms with Gasteiger partial charge in [-0.2, -0.15) is 0 Å². The largest absolute Gasteiger partial charge is 0.481 e. The number of benzene rings is 2. The highest BCUT2D eigenvalue weighted by Crippen LogP contribution is 2.31.